The first-order chi connectivity index (χ1) is 20.8. The van der Waals surface area contributed by atoms with Crippen molar-refractivity contribution in [2.45, 2.75) is 24.9 Å². The van der Waals surface area contributed by atoms with E-state index in [-0.39, 0.29) is 65.9 Å². The van der Waals surface area contributed by atoms with Crippen LogP contribution in [-0.4, -0.2) is 113 Å². The van der Waals surface area contributed by atoms with Crippen molar-refractivity contribution < 1.29 is 57.2 Å². The van der Waals surface area contributed by atoms with E-state index in [0.717, 1.165) is 24.3 Å². The standard InChI is InChI=1S/C28H42N4O12/c1-7-21(33)41-17-27(5,18-42-22(34)8-2)31-25(37)29-11-13-39-15-16-40-14-12-30-26(38)32-28(6,19-43-23(35)9-3)20-44-24(36)10-4/h7-10H,1-4,11-20H2,5-6H3,(H2,29,31,37)(H2,30,32,38). The van der Waals surface area contributed by atoms with Crippen molar-refractivity contribution in [2.24, 2.45) is 0 Å². The minimum atomic E-state index is -1.23. The molecular formula is C28H42N4O12. The molecule has 0 bridgehead atoms. The highest BCUT2D eigenvalue weighted by Gasteiger charge is 2.31. The summed E-state index contributed by atoms with van der Waals surface area (Å²) < 4.78 is 30.7. The molecule has 0 rings (SSSR count). The molecule has 0 fully saturated rings. The molecular weight excluding hydrogens is 584 g/mol. The fourth-order valence-electron chi connectivity index (χ4n) is 2.82. The molecule has 0 saturated heterocycles. The molecule has 0 aromatic rings. The molecule has 16 heteroatoms. The van der Waals surface area contributed by atoms with E-state index in [1.165, 1.54) is 13.8 Å². The topological polar surface area (TPSA) is 206 Å². The van der Waals surface area contributed by atoms with Gasteiger partial charge in [0.2, 0.25) is 0 Å². The average molecular weight is 627 g/mol. The predicted molar refractivity (Wildman–Crippen MR) is 156 cm³/mol. The van der Waals surface area contributed by atoms with Crippen LogP contribution in [0.25, 0.3) is 0 Å². The third-order valence-corrected chi connectivity index (χ3v) is 5.07. The van der Waals surface area contributed by atoms with Crippen LogP contribution in [0, 0.1) is 0 Å². The normalized spacial score (nSPS) is 10.7. The smallest absolute Gasteiger partial charge is 0.330 e. The van der Waals surface area contributed by atoms with E-state index in [0.29, 0.717) is 0 Å². The second-order valence-electron chi connectivity index (χ2n) is 9.36. The molecule has 0 aliphatic rings. The monoisotopic (exact) mass is 626 g/mol. The van der Waals surface area contributed by atoms with Crippen molar-refractivity contribution in [1.29, 1.82) is 0 Å². The summed E-state index contributed by atoms with van der Waals surface area (Å²) in [6.07, 6.45) is 3.84. The molecule has 0 saturated carbocycles. The third kappa shape index (κ3) is 19.4. The molecule has 0 atom stereocenters. The number of amides is 4. The lowest BCUT2D eigenvalue weighted by molar-refractivity contribution is -0.145. The Morgan fingerprint density at radius 3 is 1.05 bits per heavy atom. The summed E-state index contributed by atoms with van der Waals surface area (Å²) in [5, 5.41) is 10.3. The van der Waals surface area contributed by atoms with Gasteiger partial charge in [-0.25, -0.2) is 28.8 Å². The van der Waals surface area contributed by atoms with Crippen LogP contribution in [-0.2, 0) is 47.6 Å². The number of esters is 4. The zero-order valence-corrected chi connectivity index (χ0v) is 25.1. The first kappa shape index (κ1) is 39.3. The Morgan fingerprint density at radius 1 is 0.523 bits per heavy atom. The number of carbonyl (C=O) groups excluding carboxylic acids is 6. The second-order valence-corrected chi connectivity index (χ2v) is 9.36. The lowest BCUT2D eigenvalue weighted by Gasteiger charge is -2.29. The molecule has 246 valence electrons. The number of nitrogens with one attached hydrogen (secondary N) is 4. The molecule has 0 unspecified atom stereocenters. The Hall–Kier alpha value is -4.70. The first-order valence-corrected chi connectivity index (χ1v) is 13.3. The van der Waals surface area contributed by atoms with Crippen LogP contribution in [0.15, 0.2) is 50.6 Å². The van der Waals surface area contributed by atoms with Crippen LogP contribution >= 0.6 is 0 Å². The van der Waals surface area contributed by atoms with Crippen LogP contribution in [0.4, 0.5) is 9.59 Å². The number of rotatable bonds is 23. The van der Waals surface area contributed by atoms with Gasteiger partial charge < -0.3 is 49.7 Å². The van der Waals surface area contributed by atoms with Gasteiger partial charge in [-0.05, 0) is 13.8 Å². The lowest BCUT2D eigenvalue weighted by atomic mass is 10.1. The van der Waals surface area contributed by atoms with E-state index < -0.39 is 47.0 Å². The quantitative estimate of drug-likeness (QED) is 0.0514. The molecule has 0 radical (unpaired) electrons. The zero-order valence-electron chi connectivity index (χ0n) is 25.1. The highest BCUT2D eigenvalue weighted by molar-refractivity contribution is 5.83. The molecule has 4 amide bonds. The molecule has 0 aliphatic heterocycles. The maximum Gasteiger partial charge on any atom is 0.330 e. The molecule has 0 heterocycles. The first-order valence-electron chi connectivity index (χ1n) is 13.3. The molecule has 16 nitrogen and oxygen atoms in total. The van der Waals surface area contributed by atoms with Crippen molar-refractivity contribution in [2.75, 3.05) is 65.9 Å². The number of hydrogen-bond donors (Lipinski definition) is 4. The van der Waals surface area contributed by atoms with E-state index in [1.807, 2.05) is 0 Å². The molecule has 0 aliphatic carbocycles. The second kappa shape index (κ2) is 21.9. The highest BCUT2D eigenvalue weighted by atomic mass is 16.6. The Labute approximate surface area is 256 Å². The van der Waals surface area contributed by atoms with Gasteiger partial charge >= 0.3 is 35.9 Å². The maximum atomic E-state index is 12.3. The minimum absolute atomic E-state index is 0.130. The Morgan fingerprint density at radius 2 is 0.795 bits per heavy atom. The van der Waals surface area contributed by atoms with Crippen molar-refractivity contribution >= 4 is 35.9 Å². The summed E-state index contributed by atoms with van der Waals surface area (Å²) in [6.45, 7) is 16.0. The number of carbonyl (C=O) groups is 6. The molecule has 0 aromatic heterocycles. The van der Waals surface area contributed by atoms with E-state index in [4.69, 9.17) is 28.4 Å². The van der Waals surface area contributed by atoms with E-state index in [2.05, 4.69) is 47.6 Å². The van der Waals surface area contributed by atoms with Gasteiger partial charge in [-0.2, -0.15) is 0 Å². The fourth-order valence-corrected chi connectivity index (χ4v) is 2.82. The van der Waals surface area contributed by atoms with Crippen molar-refractivity contribution in [3.05, 3.63) is 50.6 Å². The molecule has 0 aromatic carbocycles. The number of ether oxygens (including phenoxy) is 6. The van der Waals surface area contributed by atoms with Crippen LogP contribution in [0.1, 0.15) is 13.8 Å². The van der Waals surface area contributed by atoms with Gasteiger partial charge in [-0.15, -0.1) is 0 Å². The summed E-state index contributed by atoms with van der Waals surface area (Å²) >= 11 is 0. The number of hydrogen-bond acceptors (Lipinski definition) is 12. The largest absolute Gasteiger partial charge is 0.460 e. The van der Waals surface area contributed by atoms with E-state index >= 15 is 0 Å². The van der Waals surface area contributed by atoms with Crippen LogP contribution in [0.2, 0.25) is 0 Å². The molecule has 4 N–H and O–H groups in total. The van der Waals surface area contributed by atoms with E-state index in [1.54, 1.807) is 0 Å². The Balaban J connectivity index is 4.31. The fraction of sp³-hybridized carbons (Fsp3) is 0.500. The molecule has 0 spiro atoms. The van der Waals surface area contributed by atoms with Gasteiger partial charge in [0.05, 0.1) is 26.4 Å². The predicted octanol–water partition coefficient (Wildman–Crippen LogP) is 0.0522. The SMILES string of the molecule is C=CC(=O)OCC(C)(COC(=O)C=C)NC(=O)NCCOCCOCCNC(=O)NC(C)(COC(=O)C=C)COC(=O)C=C. The summed E-state index contributed by atoms with van der Waals surface area (Å²) in [5.74, 6) is -2.84. The van der Waals surface area contributed by atoms with Gasteiger partial charge in [0.25, 0.3) is 0 Å². The number of urea groups is 2. The van der Waals surface area contributed by atoms with Crippen molar-refractivity contribution in [3.8, 4) is 0 Å². The Kier molecular flexibility index (Phi) is 19.6. The van der Waals surface area contributed by atoms with Gasteiger partial charge in [-0.3, -0.25) is 0 Å². The summed E-state index contributed by atoms with van der Waals surface area (Å²) in [7, 11) is 0. The maximum absolute atomic E-state index is 12.3. The van der Waals surface area contributed by atoms with Gasteiger partial charge in [-0.1, -0.05) is 26.3 Å². The van der Waals surface area contributed by atoms with Crippen LogP contribution in [0.3, 0.4) is 0 Å². The van der Waals surface area contributed by atoms with Crippen molar-refractivity contribution in [3.63, 3.8) is 0 Å². The van der Waals surface area contributed by atoms with Crippen LogP contribution < -0.4 is 21.3 Å². The van der Waals surface area contributed by atoms with Gasteiger partial charge in [0.15, 0.2) is 0 Å². The minimum Gasteiger partial charge on any atom is -0.460 e. The van der Waals surface area contributed by atoms with Gasteiger partial charge in [0, 0.05) is 37.4 Å². The third-order valence-electron chi connectivity index (χ3n) is 5.07. The molecule has 44 heavy (non-hydrogen) atoms. The summed E-state index contributed by atoms with van der Waals surface area (Å²) in [6, 6.07) is -1.23. The lowest BCUT2D eigenvalue weighted by Crippen LogP contribution is -2.56. The average Bonchev–Trinajstić information content (AvgIpc) is 3.00. The summed E-state index contributed by atoms with van der Waals surface area (Å²) in [5.41, 5.74) is -2.45. The highest BCUT2D eigenvalue weighted by Crippen LogP contribution is 2.08. The zero-order chi connectivity index (χ0) is 33.4. The van der Waals surface area contributed by atoms with Crippen LogP contribution in [0.5, 0.6) is 0 Å². The summed E-state index contributed by atoms with van der Waals surface area (Å²) in [4.78, 5) is 70.2. The van der Waals surface area contributed by atoms with Gasteiger partial charge in [0.1, 0.15) is 37.5 Å². The Bertz CT molecular complexity index is 902. The van der Waals surface area contributed by atoms with Crippen molar-refractivity contribution in [1.82, 2.24) is 21.3 Å². The van der Waals surface area contributed by atoms with E-state index in [9.17, 15) is 28.8 Å².